The van der Waals surface area contributed by atoms with Crippen molar-refractivity contribution in [3.05, 3.63) is 49.1 Å². The maximum atomic E-state index is 2.38. The van der Waals surface area contributed by atoms with E-state index in [1.54, 1.807) is 0 Å². The van der Waals surface area contributed by atoms with Crippen molar-refractivity contribution in [3.63, 3.8) is 0 Å². The first-order valence-electron chi connectivity index (χ1n) is 22.1. The number of unbranched alkanes of at least 4 members (excludes halogenated alkanes) is 27. The predicted octanol–water partition coefficient (Wildman–Crippen LogP) is 14.9. The first kappa shape index (κ1) is 45.2. The van der Waals surface area contributed by atoms with Crippen LogP contribution < -0.4 is 9.13 Å². The summed E-state index contributed by atoms with van der Waals surface area (Å²) in [5.74, 6) is 2.51. The molecule has 2 heterocycles. The van der Waals surface area contributed by atoms with Gasteiger partial charge in [0, 0.05) is 46.9 Å². The Labute approximate surface area is 321 Å². The van der Waals surface area contributed by atoms with Gasteiger partial charge in [-0.15, -0.1) is 23.5 Å². The van der Waals surface area contributed by atoms with E-state index in [2.05, 4.69) is 72.0 Å². The molecule has 0 aromatic carbocycles. The molecule has 0 aliphatic carbocycles. The second-order valence-electron chi connectivity index (χ2n) is 15.1. The Morgan fingerprint density at radius 3 is 0.840 bits per heavy atom. The van der Waals surface area contributed by atoms with Gasteiger partial charge in [-0.2, -0.15) is 0 Å². The minimum atomic E-state index is 1.17. The van der Waals surface area contributed by atoms with Crippen LogP contribution in [0.2, 0.25) is 0 Å². The average Bonchev–Trinajstić information content (AvgIpc) is 3.14. The Balaban J connectivity index is 1.33. The zero-order valence-corrected chi connectivity index (χ0v) is 35.0. The third-order valence-electron chi connectivity index (χ3n) is 10.3. The van der Waals surface area contributed by atoms with Gasteiger partial charge in [-0.3, -0.25) is 0 Å². The van der Waals surface area contributed by atoms with E-state index in [0.29, 0.717) is 0 Å². The topological polar surface area (TPSA) is 7.76 Å². The number of nitrogens with zero attached hydrogens (tertiary/aromatic N) is 2. The van der Waals surface area contributed by atoms with Crippen LogP contribution in [-0.4, -0.2) is 11.5 Å². The number of aromatic nitrogens is 2. The second-order valence-corrected chi connectivity index (χ2v) is 17.5. The molecule has 0 saturated carbocycles. The summed E-state index contributed by atoms with van der Waals surface area (Å²) in [6.45, 7) is 6.95. The molecule has 0 aliphatic rings. The molecule has 0 bridgehead atoms. The summed E-state index contributed by atoms with van der Waals surface area (Å²) in [4.78, 5) is 2.87. The molecule has 50 heavy (non-hydrogen) atoms. The van der Waals surface area contributed by atoms with E-state index < -0.39 is 0 Å². The van der Waals surface area contributed by atoms with Gasteiger partial charge in [-0.25, -0.2) is 9.13 Å². The van der Waals surface area contributed by atoms with Gasteiger partial charge in [0.25, 0.3) is 0 Å². The van der Waals surface area contributed by atoms with Crippen molar-refractivity contribution in [1.29, 1.82) is 0 Å². The Hall–Kier alpha value is -1.00. The third-order valence-corrected chi connectivity index (χ3v) is 12.5. The van der Waals surface area contributed by atoms with Crippen LogP contribution in [0.15, 0.2) is 58.8 Å². The van der Waals surface area contributed by atoms with Crippen LogP contribution in [0.25, 0.3) is 0 Å². The smallest absolute Gasteiger partial charge is 0.169 e. The van der Waals surface area contributed by atoms with Crippen LogP contribution in [0.5, 0.6) is 0 Å². The lowest BCUT2D eigenvalue weighted by molar-refractivity contribution is -0.697. The van der Waals surface area contributed by atoms with Gasteiger partial charge in [-0.05, 0) is 37.2 Å². The number of aryl methyl sites for hydroxylation is 2. The number of pyridine rings is 2. The molecule has 0 fully saturated rings. The van der Waals surface area contributed by atoms with Gasteiger partial charge in [0.1, 0.15) is 13.1 Å². The Kier molecular flexibility index (Phi) is 31.7. The summed E-state index contributed by atoms with van der Waals surface area (Å²) < 4.78 is 4.77. The molecular weight excluding hydrogens is 645 g/mol. The second kappa shape index (κ2) is 35.1. The maximum Gasteiger partial charge on any atom is 0.169 e. The lowest BCUT2D eigenvalue weighted by Crippen LogP contribution is -2.32. The zero-order valence-electron chi connectivity index (χ0n) is 33.4. The monoisotopic (exact) mass is 727 g/mol. The Bertz CT molecular complexity index is 882. The van der Waals surface area contributed by atoms with E-state index in [1.165, 1.54) is 227 Å². The van der Waals surface area contributed by atoms with Gasteiger partial charge in [-0.1, -0.05) is 168 Å². The number of thioether (sulfide) groups is 2. The molecule has 286 valence electrons. The highest BCUT2D eigenvalue weighted by Gasteiger charge is 2.04. The molecule has 2 rings (SSSR count). The van der Waals surface area contributed by atoms with Crippen molar-refractivity contribution in [2.24, 2.45) is 0 Å². The molecule has 4 heteroatoms. The summed E-state index contributed by atoms with van der Waals surface area (Å²) in [5, 5.41) is 0. The fourth-order valence-electron chi connectivity index (χ4n) is 6.94. The van der Waals surface area contributed by atoms with Gasteiger partial charge in [0.05, 0.1) is 0 Å². The van der Waals surface area contributed by atoms with Crippen LogP contribution in [-0.2, 0) is 13.1 Å². The Morgan fingerprint density at radius 1 is 0.320 bits per heavy atom. The largest absolute Gasteiger partial charge is 0.205 e. The molecule has 0 N–H and O–H groups in total. The average molecular weight is 727 g/mol. The molecular formula is C46H82N2S2+2. The van der Waals surface area contributed by atoms with Crippen molar-refractivity contribution >= 4 is 23.5 Å². The van der Waals surface area contributed by atoms with Gasteiger partial charge in [0.15, 0.2) is 24.8 Å². The molecule has 2 aromatic rings. The summed E-state index contributed by atoms with van der Waals surface area (Å²) >= 11 is 4.08. The normalized spacial score (nSPS) is 11.5. The fourth-order valence-corrected chi connectivity index (χ4v) is 8.74. The summed E-state index contributed by atoms with van der Waals surface area (Å²) in [7, 11) is 0. The van der Waals surface area contributed by atoms with E-state index in [0.717, 1.165) is 0 Å². The lowest BCUT2D eigenvalue weighted by Gasteiger charge is -2.04. The summed E-state index contributed by atoms with van der Waals surface area (Å²) in [6.07, 6.45) is 51.5. The van der Waals surface area contributed by atoms with Crippen molar-refractivity contribution in [2.45, 2.75) is 229 Å². The van der Waals surface area contributed by atoms with Gasteiger partial charge < -0.3 is 0 Å². The van der Waals surface area contributed by atoms with Crippen LogP contribution in [0.3, 0.4) is 0 Å². The van der Waals surface area contributed by atoms with Gasteiger partial charge in [0.2, 0.25) is 0 Å². The minimum absolute atomic E-state index is 1.17. The molecule has 0 unspecified atom stereocenters. The fraction of sp³-hybridized carbons (Fsp3) is 0.783. The van der Waals surface area contributed by atoms with E-state index in [4.69, 9.17) is 0 Å². The molecule has 0 spiro atoms. The van der Waals surface area contributed by atoms with Crippen molar-refractivity contribution < 1.29 is 9.13 Å². The zero-order chi connectivity index (χ0) is 35.4. The van der Waals surface area contributed by atoms with E-state index in [9.17, 15) is 0 Å². The molecule has 0 radical (unpaired) electrons. The molecule has 0 amide bonds. The standard InChI is InChI=1S/C46H82N2S2/c1-3-5-7-9-11-13-15-17-19-21-25-29-37-47-39-33-45(34-40-47)49-43-31-27-23-24-28-32-44-50-46-35-41-48(42-36-46)38-30-26-22-20-18-16-14-12-10-8-6-4-2/h33-36,39-42H,3-32,37-38,43-44H2,1-2H3/q+2. The highest BCUT2D eigenvalue weighted by molar-refractivity contribution is 7.99. The van der Waals surface area contributed by atoms with E-state index in [1.807, 2.05) is 23.5 Å². The number of hydrogen-bond donors (Lipinski definition) is 0. The van der Waals surface area contributed by atoms with Crippen LogP contribution >= 0.6 is 23.5 Å². The van der Waals surface area contributed by atoms with Crippen molar-refractivity contribution in [1.82, 2.24) is 0 Å². The predicted molar refractivity (Wildman–Crippen MR) is 225 cm³/mol. The quantitative estimate of drug-likeness (QED) is 0.0389. The number of hydrogen-bond acceptors (Lipinski definition) is 2. The SMILES string of the molecule is CCCCCCCCCCCCCC[n+]1ccc(SCCCCCCCCSc2cc[n+](CCCCCCCCCCCCCC)cc2)cc1. The molecule has 0 saturated heterocycles. The highest BCUT2D eigenvalue weighted by atomic mass is 32.2. The molecule has 0 aliphatic heterocycles. The first-order valence-corrected chi connectivity index (χ1v) is 24.0. The third kappa shape index (κ3) is 27.6. The van der Waals surface area contributed by atoms with E-state index in [-0.39, 0.29) is 0 Å². The lowest BCUT2D eigenvalue weighted by atomic mass is 10.1. The van der Waals surface area contributed by atoms with Crippen LogP contribution in [0, 0.1) is 0 Å². The maximum absolute atomic E-state index is 2.38. The Morgan fingerprint density at radius 2 is 0.560 bits per heavy atom. The van der Waals surface area contributed by atoms with Crippen molar-refractivity contribution in [2.75, 3.05) is 11.5 Å². The summed E-state index contributed by atoms with van der Waals surface area (Å²) in [6, 6.07) is 9.31. The first-order chi connectivity index (χ1) is 24.8. The molecule has 2 nitrogen and oxygen atoms in total. The van der Waals surface area contributed by atoms with Crippen molar-refractivity contribution in [3.8, 4) is 0 Å². The summed E-state index contributed by atoms with van der Waals surface area (Å²) in [5.41, 5.74) is 0. The molecule has 0 atom stereocenters. The number of rotatable bonds is 37. The van der Waals surface area contributed by atoms with Crippen LogP contribution in [0.1, 0.15) is 206 Å². The van der Waals surface area contributed by atoms with E-state index >= 15 is 0 Å². The minimum Gasteiger partial charge on any atom is -0.205 e. The van der Waals surface area contributed by atoms with Crippen LogP contribution in [0.4, 0.5) is 0 Å². The highest BCUT2D eigenvalue weighted by Crippen LogP contribution is 2.21. The van der Waals surface area contributed by atoms with Gasteiger partial charge >= 0.3 is 0 Å². The molecule has 2 aromatic heterocycles.